The zero-order chi connectivity index (χ0) is 21.0. The van der Waals surface area contributed by atoms with Crippen LogP contribution in [0.1, 0.15) is 49.0 Å². The second-order valence-corrected chi connectivity index (χ2v) is 10.9. The lowest BCUT2D eigenvalue weighted by Crippen LogP contribution is -2.48. The Balaban J connectivity index is 1.18. The number of carbonyl (C=O) groups excluding carboxylic acids is 1. The van der Waals surface area contributed by atoms with Crippen LogP contribution in [0.3, 0.4) is 0 Å². The van der Waals surface area contributed by atoms with Crippen molar-refractivity contribution >= 4 is 28.6 Å². The van der Waals surface area contributed by atoms with Gasteiger partial charge in [-0.2, -0.15) is 0 Å². The number of nitrogens with one attached hydrogen (secondary N) is 1. The lowest BCUT2D eigenvalue weighted by Gasteiger charge is -2.56. The number of benzene rings is 1. The predicted octanol–water partition coefficient (Wildman–Crippen LogP) is 5.06. The third-order valence-electron chi connectivity index (χ3n) is 7.54. The Labute approximate surface area is 185 Å². The average Bonchev–Trinajstić information content (AvgIpc) is 3.40. The first-order valence-electron chi connectivity index (χ1n) is 11.2. The number of hydrogen-bond acceptors (Lipinski definition) is 5. The van der Waals surface area contributed by atoms with Gasteiger partial charge in [0.1, 0.15) is 0 Å². The van der Waals surface area contributed by atoms with Gasteiger partial charge in [0.25, 0.3) is 5.91 Å². The summed E-state index contributed by atoms with van der Waals surface area (Å²) in [5.74, 6) is 2.43. The normalized spacial score (nSPS) is 28.7. The molecule has 7 rings (SSSR count). The number of thiophene rings is 1. The fraction of sp³-hybridized carbons (Fsp3) is 0.458. The molecule has 0 unspecified atom stereocenters. The molecule has 4 bridgehead atoms. The van der Waals surface area contributed by atoms with Crippen LogP contribution in [-0.4, -0.2) is 20.9 Å². The maximum atomic E-state index is 12.9. The van der Waals surface area contributed by atoms with Crippen molar-refractivity contribution in [2.75, 3.05) is 11.1 Å². The lowest BCUT2D eigenvalue weighted by molar-refractivity contribution is -0.0637. The molecule has 0 spiro atoms. The van der Waals surface area contributed by atoms with E-state index in [9.17, 15) is 4.79 Å². The fourth-order valence-electron chi connectivity index (χ4n) is 6.75. The zero-order valence-electron chi connectivity index (χ0n) is 17.5. The summed E-state index contributed by atoms with van der Waals surface area (Å²) in [6, 6.07) is 9.78. The van der Waals surface area contributed by atoms with E-state index in [0.717, 1.165) is 34.7 Å². The Morgan fingerprint density at radius 3 is 2.58 bits per heavy atom. The Bertz CT molecular complexity index is 1080. The van der Waals surface area contributed by atoms with Crippen molar-refractivity contribution in [1.29, 1.82) is 0 Å². The molecule has 4 aliphatic carbocycles. The molecule has 2 heterocycles. The van der Waals surface area contributed by atoms with Crippen LogP contribution in [-0.2, 0) is 6.54 Å². The van der Waals surface area contributed by atoms with Gasteiger partial charge in [-0.25, -0.2) is 0 Å². The van der Waals surface area contributed by atoms with Crippen molar-refractivity contribution in [3.8, 4) is 10.4 Å². The van der Waals surface area contributed by atoms with E-state index in [2.05, 4.69) is 21.7 Å². The summed E-state index contributed by atoms with van der Waals surface area (Å²) >= 11 is 1.66. The number of anilines is 2. The molecule has 1 aromatic carbocycles. The Hall–Kier alpha value is -2.67. The standard InChI is InChI=1S/C24H27N5OS/c25-19-4-3-18(22-2-1-5-31-22)9-20(19)26-23(30)21-13-29(28-27-21)14-24-10-15-6-16(11-24)8-17(7-15)12-24/h1-5,9,13,15-17H,6-8,10-12,14,25H2,(H,26,30). The number of nitrogens with zero attached hydrogens (tertiary/aromatic N) is 3. The topological polar surface area (TPSA) is 85.8 Å². The summed E-state index contributed by atoms with van der Waals surface area (Å²) in [7, 11) is 0. The summed E-state index contributed by atoms with van der Waals surface area (Å²) < 4.78 is 1.90. The highest BCUT2D eigenvalue weighted by molar-refractivity contribution is 7.13. The molecular weight excluding hydrogens is 406 g/mol. The SMILES string of the molecule is Nc1ccc(-c2cccs2)cc1NC(=O)c1cn(CC23CC4CC(CC(C4)C2)C3)nn1. The van der Waals surface area contributed by atoms with E-state index >= 15 is 0 Å². The third kappa shape index (κ3) is 3.55. The van der Waals surface area contributed by atoms with Gasteiger partial charge in [-0.15, -0.1) is 16.4 Å². The van der Waals surface area contributed by atoms with Gasteiger partial charge in [-0.3, -0.25) is 9.48 Å². The van der Waals surface area contributed by atoms with Gasteiger partial charge in [-0.1, -0.05) is 17.3 Å². The number of rotatable bonds is 5. The van der Waals surface area contributed by atoms with Gasteiger partial charge < -0.3 is 11.1 Å². The molecule has 3 aromatic rings. The minimum atomic E-state index is -0.271. The van der Waals surface area contributed by atoms with Gasteiger partial charge in [0, 0.05) is 11.4 Å². The highest BCUT2D eigenvalue weighted by Crippen LogP contribution is 2.60. The van der Waals surface area contributed by atoms with Crippen molar-refractivity contribution in [3.63, 3.8) is 0 Å². The maximum absolute atomic E-state index is 12.9. The molecule has 0 atom stereocenters. The third-order valence-corrected chi connectivity index (χ3v) is 8.46. The number of hydrogen-bond donors (Lipinski definition) is 2. The molecule has 0 saturated heterocycles. The molecule has 1 amide bonds. The van der Waals surface area contributed by atoms with E-state index in [1.54, 1.807) is 17.5 Å². The summed E-state index contributed by atoms with van der Waals surface area (Å²) in [4.78, 5) is 14.0. The first kappa shape index (κ1) is 19.0. The van der Waals surface area contributed by atoms with Gasteiger partial charge in [0.05, 0.1) is 17.6 Å². The molecule has 0 radical (unpaired) electrons. The molecule has 160 valence electrons. The number of carbonyl (C=O) groups is 1. The van der Waals surface area contributed by atoms with Crippen molar-refractivity contribution in [1.82, 2.24) is 15.0 Å². The molecule has 4 saturated carbocycles. The number of amides is 1. The summed E-state index contributed by atoms with van der Waals surface area (Å²) in [6.07, 6.45) is 10.0. The number of nitrogens with two attached hydrogens (primary N) is 1. The second-order valence-electron chi connectivity index (χ2n) is 9.95. The lowest BCUT2D eigenvalue weighted by atomic mass is 9.49. The van der Waals surface area contributed by atoms with E-state index in [-0.39, 0.29) is 5.91 Å². The van der Waals surface area contributed by atoms with Crippen LogP contribution in [0.2, 0.25) is 0 Å². The van der Waals surface area contributed by atoms with Crippen LogP contribution in [0.5, 0.6) is 0 Å². The molecule has 2 aromatic heterocycles. The van der Waals surface area contributed by atoms with Gasteiger partial charge in [0.15, 0.2) is 5.69 Å². The highest BCUT2D eigenvalue weighted by Gasteiger charge is 2.51. The summed E-state index contributed by atoms with van der Waals surface area (Å²) in [6.45, 7) is 0.882. The Kier molecular flexibility index (Phi) is 4.42. The van der Waals surface area contributed by atoms with Crippen LogP contribution < -0.4 is 11.1 Å². The van der Waals surface area contributed by atoms with Gasteiger partial charge in [0.2, 0.25) is 0 Å². The van der Waals surface area contributed by atoms with Crippen LogP contribution in [0, 0.1) is 23.2 Å². The molecule has 0 aliphatic heterocycles. The van der Waals surface area contributed by atoms with Crippen LogP contribution in [0.4, 0.5) is 11.4 Å². The Morgan fingerprint density at radius 1 is 1.16 bits per heavy atom. The van der Waals surface area contributed by atoms with E-state index < -0.39 is 0 Å². The molecular formula is C24H27N5OS. The Morgan fingerprint density at radius 2 is 1.90 bits per heavy atom. The molecule has 3 N–H and O–H groups in total. The molecule has 4 aliphatic rings. The first-order valence-corrected chi connectivity index (χ1v) is 12.1. The zero-order valence-corrected chi connectivity index (χ0v) is 18.3. The van der Waals surface area contributed by atoms with E-state index in [4.69, 9.17) is 5.73 Å². The molecule has 31 heavy (non-hydrogen) atoms. The van der Waals surface area contributed by atoms with E-state index in [1.165, 1.54) is 38.5 Å². The number of aromatic nitrogens is 3. The van der Waals surface area contributed by atoms with Crippen LogP contribution >= 0.6 is 11.3 Å². The summed E-state index contributed by atoms with van der Waals surface area (Å²) in [5.41, 5.74) is 8.99. The maximum Gasteiger partial charge on any atom is 0.277 e. The smallest absolute Gasteiger partial charge is 0.277 e. The minimum absolute atomic E-state index is 0.271. The van der Waals surface area contributed by atoms with E-state index in [1.807, 2.05) is 34.3 Å². The molecule has 7 heteroatoms. The monoisotopic (exact) mass is 433 g/mol. The molecule has 6 nitrogen and oxygen atoms in total. The predicted molar refractivity (Wildman–Crippen MR) is 123 cm³/mol. The van der Waals surface area contributed by atoms with Gasteiger partial charge >= 0.3 is 0 Å². The van der Waals surface area contributed by atoms with Crippen molar-refractivity contribution < 1.29 is 4.79 Å². The molecule has 4 fully saturated rings. The van der Waals surface area contributed by atoms with Crippen molar-refractivity contribution in [3.05, 3.63) is 47.6 Å². The quantitative estimate of drug-likeness (QED) is 0.551. The van der Waals surface area contributed by atoms with Crippen molar-refractivity contribution in [2.24, 2.45) is 23.2 Å². The number of nitrogen functional groups attached to an aromatic ring is 1. The van der Waals surface area contributed by atoms with Crippen molar-refractivity contribution in [2.45, 2.75) is 45.1 Å². The fourth-order valence-corrected chi connectivity index (χ4v) is 7.48. The summed E-state index contributed by atoms with van der Waals surface area (Å²) in [5, 5.41) is 13.4. The highest BCUT2D eigenvalue weighted by atomic mass is 32.1. The average molecular weight is 434 g/mol. The first-order chi connectivity index (χ1) is 15.1. The van der Waals surface area contributed by atoms with E-state index in [0.29, 0.717) is 22.5 Å². The second kappa shape index (κ2) is 7.19. The van der Waals surface area contributed by atoms with Gasteiger partial charge in [-0.05, 0) is 90.8 Å². The van der Waals surface area contributed by atoms with Crippen LogP contribution in [0.15, 0.2) is 41.9 Å². The van der Waals surface area contributed by atoms with Crippen LogP contribution in [0.25, 0.3) is 10.4 Å². The minimum Gasteiger partial charge on any atom is -0.397 e. The largest absolute Gasteiger partial charge is 0.397 e.